The lowest BCUT2D eigenvalue weighted by Crippen LogP contribution is -2.22. The van der Waals surface area contributed by atoms with Crippen molar-refractivity contribution in [2.24, 2.45) is 0 Å². The van der Waals surface area contributed by atoms with Crippen LogP contribution in [0, 0.1) is 0 Å². The van der Waals surface area contributed by atoms with Gasteiger partial charge in [0.1, 0.15) is 0 Å². The molecule has 1 aromatic rings. The number of rotatable bonds is 7. The van der Waals surface area contributed by atoms with Crippen LogP contribution < -0.4 is 5.32 Å². The van der Waals surface area contributed by atoms with Crippen LogP contribution >= 0.6 is 23.2 Å². The molecule has 0 aliphatic rings. The highest BCUT2D eigenvalue weighted by Gasteiger charge is 2.15. The Morgan fingerprint density at radius 2 is 2.11 bits per heavy atom. The SMILES string of the molecule is C=C(C)CCC(NCCC)c1cccc(Cl)c1Cl. The predicted molar refractivity (Wildman–Crippen MR) is 81.5 cm³/mol. The van der Waals surface area contributed by atoms with Crippen molar-refractivity contribution in [3.8, 4) is 0 Å². The van der Waals surface area contributed by atoms with E-state index in [1.165, 1.54) is 5.57 Å². The number of hydrogen-bond acceptors (Lipinski definition) is 1. The Bertz CT molecular complexity index is 401. The number of allylic oxidation sites excluding steroid dienone is 1. The summed E-state index contributed by atoms with van der Waals surface area (Å²) in [6, 6.07) is 6.06. The third-order valence-corrected chi connectivity index (χ3v) is 3.69. The molecule has 0 saturated carbocycles. The van der Waals surface area contributed by atoms with E-state index in [1.54, 1.807) is 0 Å². The maximum atomic E-state index is 6.29. The third-order valence-electron chi connectivity index (χ3n) is 2.86. The van der Waals surface area contributed by atoms with Crippen molar-refractivity contribution in [1.82, 2.24) is 5.32 Å². The Labute approximate surface area is 120 Å². The van der Waals surface area contributed by atoms with Crippen LogP contribution in [-0.2, 0) is 0 Å². The Kier molecular flexibility index (Phi) is 6.77. The monoisotopic (exact) mass is 285 g/mol. The van der Waals surface area contributed by atoms with Crippen LogP contribution in [0.1, 0.15) is 44.7 Å². The van der Waals surface area contributed by atoms with Crippen molar-refractivity contribution in [2.75, 3.05) is 6.54 Å². The molecule has 0 aliphatic heterocycles. The van der Waals surface area contributed by atoms with Crippen LogP contribution in [0.4, 0.5) is 0 Å². The van der Waals surface area contributed by atoms with Crippen LogP contribution in [-0.4, -0.2) is 6.54 Å². The van der Waals surface area contributed by atoms with E-state index < -0.39 is 0 Å². The molecule has 0 spiro atoms. The molecule has 1 N–H and O–H groups in total. The third kappa shape index (κ3) is 4.64. The van der Waals surface area contributed by atoms with Gasteiger partial charge in [0.15, 0.2) is 0 Å². The van der Waals surface area contributed by atoms with Gasteiger partial charge in [-0.05, 0) is 44.4 Å². The van der Waals surface area contributed by atoms with Crippen LogP contribution in [0.15, 0.2) is 30.4 Å². The normalized spacial score (nSPS) is 12.4. The second-order valence-corrected chi connectivity index (χ2v) is 5.43. The van der Waals surface area contributed by atoms with Gasteiger partial charge in [0.05, 0.1) is 10.0 Å². The highest BCUT2D eigenvalue weighted by atomic mass is 35.5. The van der Waals surface area contributed by atoms with Gasteiger partial charge < -0.3 is 5.32 Å². The molecule has 0 aromatic heterocycles. The topological polar surface area (TPSA) is 12.0 Å². The summed E-state index contributed by atoms with van der Waals surface area (Å²) in [6.07, 6.45) is 3.08. The molecule has 0 bridgehead atoms. The van der Waals surface area contributed by atoms with E-state index >= 15 is 0 Å². The van der Waals surface area contributed by atoms with Crippen molar-refractivity contribution in [2.45, 2.75) is 39.2 Å². The minimum absolute atomic E-state index is 0.243. The van der Waals surface area contributed by atoms with Crippen molar-refractivity contribution >= 4 is 23.2 Å². The number of nitrogens with one attached hydrogen (secondary N) is 1. The lowest BCUT2D eigenvalue weighted by atomic mass is 9.99. The van der Waals surface area contributed by atoms with Crippen molar-refractivity contribution in [3.05, 3.63) is 46.0 Å². The van der Waals surface area contributed by atoms with Crippen molar-refractivity contribution < 1.29 is 0 Å². The van der Waals surface area contributed by atoms with Gasteiger partial charge in [-0.25, -0.2) is 0 Å². The van der Waals surface area contributed by atoms with Crippen LogP contribution in [0.3, 0.4) is 0 Å². The molecule has 0 amide bonds. The first kappa shape index (κ1) is 15.6. The molecule has 0 saturated heterocycles. The second kappa shape index (κ2) is 7.83. The van der Waals surface area contributed by atoms with Gasteiger partial charge in [-0.15, -0.1) is 6.58 Å². The molecule has 1 unspecified atom stereocenters. The van der Waals surface area contributed by atoms with Crippen molar-refractivity contribution in [1.29, 1.82) is 0 Å². The highest BCUT2D eigenvalue weighted by molar-refractivity contribution is 6.42. The van der Waals surface area contributed by atoms with Crippen LogP contribution in [0.5, 0.6) is 0 Å². The van der Waals surface area contributed by atoms with Crippen LogP contribution in [0.2, 0.25) is 10.0 Å². The zero-order chi connectivity index (χ0) is 13.5. The Balaban J connectivity index is 2.86. The van der Waals surface area contributed by atoms with Gasteiger partial charge in [0.25, 0.3) is 0 Å². The first-order chi connectivity index (χ1) is 8.56. The predicted octanol–water partition coefficient (Wildman–Crippen LogP) is 5.39. The first-order valence-electron chi connectivity index (χ1n) is 6.38. The lowest BCUT2D eigenvalue weighted by molar-refractivity contribution is 0.499. The van der Waals surface area contributed by atoms with Gasteiger partial charge >= 0.3 is 0 Å². The van der Waals surface area contributed by atoms with Crippen molar-refractivity contribution in [3.63, 3.8) is 0 Å². The summed E-state index contributed by atoms with van der Waals surface area (Å²) in [7, 11) is 0. The van der Waals surface area contributed by atoms with E-state index in [1.807, 2.05) is 18.2 Å². The Hall–Kier alpha value is -0.500. The summed E-state index contributed by atoms with van der Waals surface area (Å²) in [4.78, 5) is 0. The zero-order valence-corrected chi connectivity index (χ0v) is 12.6. The van der Waals surface area contributed by atoms with E-state index in [2.05, 4.69) is 25.7 Å². The van der Waals surface area contributed by atoms with Gasteiger partial charge in [-0.1, -0.05) is 47.8 Å². The fraction of sp³-hybridized carbons (Fsp3) is 0.467. The average Bonchev–Trinajstić information content (AvgIpc) is 2.33. The number of halogens is 2. The molecule has 1 aromatic carbocycles. The quantitative estimate of drug-likeness (QED) is 0.662. The Morgan fingerprint density at radius 1 is 1.39 bits per heavy atom. The molecule has 0 fully saturated rings. The zero-order valence-electron chi connectivity index (χ0n) is 11.1. The smallest absolute Gasteiger partial charge is 0.0640 e. The van der Waals surface area contributed by atoms with E-state index in [-0.39, 0.29) is 6.04 Å². The summed E-state index contributed by atoms with van der Waals surface area (Å²) in [5.74, 6) is 0. The molecule has 1 nitrogen and oxygen atoms in total. The molecule has 18 heavy (non-hydrogen) atoms. The number of benzene rings is 1. The van der Waals surface area contributed by atoms with Gasteiger partial charge in [-0.2, -0.15) is 0 Å². The molecule has 0 radical (unpaired) electrons. The second-order valence-electron chi connectivity index (χ2n) is 4.65. The minimum atomic E-state index is 0.243. The van der Waals surface area contributed by atoms with Gasteiger partial charge in [0, 0.05) is 6.04 Å². The van der Waals surface area contributed by atoms with Crippen LogP contribution in [0.25, 0.3) is 0 Å². The fourth-order valence-electron chi connectivity index (χ4n) is 1.87. The van der Waals surface area contributed by atoms with Gasteiger partial charge in [0.2, 0.25) is 0 Å². The average molecular weight is 286 g/mol. The summed E-state index contributed by atoms with van der Waals surface area (Å²) in [5, 5.41) is 4.80. The Morgan fingerprint density at radius 3 is 2.72 bits per heavy atom. The summed E-state index contributed by atoms with van der Waals surface area (Å²) >= 11 is 12.4. The van der Waals surface area contributed by atoms with E-state index in [0.717, 1.165) is 31.4 Å². The molecular weight excluding hydrogens is 265 g/mol. The molecule has 100 valence electrons. The standard InChI is InChI=1S/C15H21Cl2N/c1-4-10-18-14(9-8-11(2)3)12-6-5-7-13(16)15(12)17/h5-7,14,18H,2,4,8-10H2,1,3H3. The molecule has 0 heterocycles. The molecule has 1 atom stereocenters. The molecule has 1 rings (SSSR count). The minimum Gasteiger partial charge on any atom is -0.310 e. The fourth-order valence-corrected chi connectivity index (χ4v) is 2.31. The summed E-state index contributed by atoms with van der Waals surface area (Å²) < 4.78 is 0. The highest BCUT2D eigenvalue weighted by Crippen LogP contribution is 2.32. The maximum Gasteiger partial charge on any atom is 0.0640 e. The first-order valence-corrected chi connectivity index (χ1v) is 7.13. The largest absolute Gasteiger partial charge is 0.310 e. The lowest BCUT2D eigenvalue weighted by Gasteiger charge is -2.20. The molecule has 3 heteroatoms. The van der Waals surface area contributed by atoms with E-state index in [4.69, 9.17) is 23.2 Å². The summed E-state index contributed by atoms with van der Waals surface area (Å²) in [5.41, 5.74) is 2.27. The molecular formula is C15H21Cl2N. The number of hydrogen-bond donors (Lipinski definition) is 1. The maximum absolute atomic E-state index is 6.29. The van der Waals surface area contributed by atoms with E-state index in [0.29, 0.717) is 10.0 Å². The van der Waals surface area contributed by atoms with E-state index in [9.17, 15) is 0 Å². The molecule has 0 aliphatic carbocycles. The summed E-state index contributed by atoms with van der Waals surface area (Å²) in [6.45, 7) is 9.14. The van der Waals surface area contributed by atoms with Gasteiger partial charge in [-0.3, -0.25) is 0 Å².